The number of rotatable bonds is 12. The monoisotopic (exact) mass is 461 g/mol. The third-order valence-electron chi connectivity index (χ3n) is 4.73. The van der Waals surface area contributed by atoms with Crippen LogP contribution in [0.1, 0.15) is 25.7 Å². The molecule has 0 spiro atoms. The van der Waals surface area contributed by atoms with Crippen LogP contribution >= 0.6 is 12.6 Å². The Balaban J connectivity index is 2.86. The summed E-state index contributed by atoms with van der Waals surface area (Å²) in [5.41, 5.74) is 16.0. The Morgan fingerprint density at radius 1 is 1.16 bits per heavy atom. The summed E-state index contributed by atoms with van der Waals surface area (Å²) in [6, 6.07) is -4.34. The Hall–Kier alpha value is -2.58. The second kappa shape index (κ2) is 13.0. The summed E-state index contributed by atoms with van der Waals surface area (Å²) < 4.78 is 0. The molecule has 4 unspecified atom stereocenters. The van der Waals surface area contributed by atoms with Crippen LogP contribution in [-0.4, -0.2) is 94.4 Å². The van der Waals surface area contributed by atoms with Crippen LogP contribution in [0.5, 0.6) is 0 Å². The number of aliphatic carboxylic acids is 1. The Morgan fingerprint density at radius 3 is 2.35 bits per heavy atom. The summed E-state index contributed by atoms with van der Waals surface area (Å²) in [5, 5.41) is 23.3. The lowest BCUT2D eigenvalue weighted by Gasteiger charge is -2.28. The van der Waals surface area contributed by atoms with Gasteiger partial charge in [0, 0.05) is 18.8 Å². The third kappa shape index (κ3) is 8.22. The van der Waals surface area contributed by atoms with Crippen LogP contribution in [0, 0.1) is 0 Å². The second-order valence-corrected chi connectivity index (χ2v) is 7.44. The fraction of sp³-hybridized carbons (Fsp3) is 0.706. The predicted octanol–water partition coefficient (Wildman–Crippen LogP) is -3.67. The predicted molar refractivity (Wildman–Crippen MR) is 115 cm³/mol. The van der Waals surface area contributed by atoms with Gasteiger partial charge >= 0.3 is 5.97 Å². The largest absolute Gasteiger partial charge is 0.480 e. The molecule has 0 saturated carbocycles. The van der Waals surface area contributed by atoms with Crippen LogP contribution in [0.4, 0.5) is 0 Å². The Bertz CT molecular complexity index is 688. The summed E-state index contributed by atoms with van der Waals surface area (Å²) in [7, 11) is 0. The molecule has 0 bridgehead atoms. The number of guanidine groups is 1. The van der Waals surface area contributed by atoms with Crippen molar-refractivity contribution in [2.24, 2.45) is 22.2 Å². The molecule has 176 valence electrons. The van der Waals surface area contributed by atoms with Gasteiger partial charge in [0.1, 0.15) is 24.2 Å². The van der Waals surface area contributed by atoms with Crippen molar-refractivity contribution in [2.75, 3.05) is 25.4 Å². The van der Waals surface area contributed by atoms with Gasteiger partial charge in [-0.3, -0.25) is 19.4 Å². The van der Waals surface area contributed by atoms with Gasteiger partial charge in [0.2, 0.25) is 17.7 Å². The first-order valence-electron chi connectivity index (χ1n) is 9.79. The molecule has 1 rings (SSSR count). The average Bonchev–Trinajstić information content (AvgIpc) is 3.22. The number of aliphatic hydroxyl groups is 1. The number of carboxylic acids is 1. The molecule has 4 atom stereocenters. The molecule has 1 fully saturated rings. The first kappa shape index (κ1) is 26.5. The number of amides is 3. The van der Waals surface area contributed by atoms with Crippen molar-refractivity contribution in [3.8, 4) is 0 Å². The van der Waals surface area contributed by atoms with Crippen molar-refractivity contribution in [3.05, 3.63) is 0 Å². The maximum Gasteiger partial charge on any atom is 0.326 e. The van der Waals surface area contributed by atoms with Gasteiger partial charge in [-0.25, -0.2) is 4.79 Å². The van der Waals surface area contributed by atoms with E-state index in [1.54, 1.807) is 0 Å². The molecule has 14 heteroatoms. The molecule has 10 N–H and O–H groups in total. The van der Waals surface area contributed by atoms with Crippen LogP contribution in [0.2, 0.25) is 0 Å². The highest BCUT2D eigenvalue weighted by molar-refractivity contribution is 7.80. The summed E-state index contributed by atoms with van der Waals surface area (Å²) >= 11 is 4.10. The maximum atomic E-state index is 12.8. The molecular formula is C17H31N7O6S. The van der Waals surface area contributed by atoms with Crippen LogP contribution in [0.25, 0.3) is 0 Å². The van der Waals surface area contributed by atoms with Crippen molar-refractivity contribution in [3.63, 3.8) is 0 Å². The van der Waals surface area contributed by atoms with E-state index in [2.05, 4.69) is 28.3 Å². The van der Waals surface area contributed by atoms with Crippen molar-refractivity contribution in [1.82, 2.24) is 15.5 Å². The SMILES string of the molecule is NC(N)=NCCCC(NC(=O)C(N)CO)C(=O)NC(CS)C(=O)N1CCCC1C(=O)O. The number of carbonyl (C=O) groups is 4. The highest BCUT2D eigenvalue weighted by atomic mass is 32.1. The number of carboxylic acid groups (broad SMARTS) is 1. The lowest BCUT2D eigenvalue weighted by molar-refractivity contribution is -0.149. The first-order chi connectivity index (χ1) is 14.6. The number of aliphatic imine (C=N–C) groups is 1. The van der Waals surface area contributed by atoms with Crippen LogP contribution in [0.3, 0.4) is 0 Å². The van der Waals surface area contributed by atoms with E-state index in [0.29, 0.717) is 19.3 Å². The molecule has 1 heterocycles. The van der Waals surface area contributed by atoms with E-state index in [9.17, 15) is 24.3 Å². The molecular weight excluding hydrogens is 430 g/mol. The molecule has 1 saturated heterocycles. The van der Waals surface area contributed by atoms with Crippen molar-refractivity contribution < 1.29 is 29.4 Å². The van der Waals surface area contributed by atoms with E-state index in [1.807, 2.05) is 0 Å². The van der Waals surface area contributed by atoms with Gasteiger partial charge in [-0.15, -0.1) is 0 Å². The number of thiol groups is 1. The van der Waals surface area contributed by atoms with Crippen molar-refractivity contribution >= 4 is 42.3 Å². The quantitative estimate of drug-likeness (QED) is 0.0619. The summed E-state index contributed by atoms with van der Waals surface area (Å²) in [4.78, 5) is 54.0. The normalized spacial score (nSPS) is 18.5. The van der Waals surface area contributed by atoms with Gasteiger partial charge in [-0.1, -0.05) is 0 Å². The van der Waals surface area contributed by atoms with Crippen molar-refractivity contribution in [1.29, 1.82) is 0 Å². The zero-order valence-corrected chi connectivity index (χ0v) is 18.0. The molecule has 13 nitrogen and oxygen atoms in total. The lowest BCUT2D eigenvalue weighted by Crippen LogP contribution is -2.58. The van der Waals surface area contributed by atoms with Crippen LogP contribution in [-0.2, 0) is 19.2 Å². The number of carbonyl (C=O) groups excluding carboxylic acids is 3. The summed E-state index contributed by atoms with van der Waals surface area (Å²) in [5.74, 6) is -3.29. The number of aliphatic hydroxyl groups excluding tert-OH is 1. The number of hydrogen-bond donors (Lipinski definition) is 8. The number of likely N-dealkylation sites (tertiary alicyclic amines) is 1. The minimum absolute atomic E-state index is 0.0712. The van der Waals surface area contributed by atoms with Gasteiger partial charge in [-0.2, -0.15) is 12.6 Å². The van der Waals surface area contributed by atoms with Gasteiger partial charge in [-0.05, 0) is 25.7 Å². The number of nitrogens with two attached hydrogens (primary N) is 3. The number of nitrogens with one attached hydrogen (secondary N) is 2. The first-order valence-corrected chi connectivity index (χ1v) is 10.4. The lowest BCUT2D eigenvalue weighted by atomic mass is 10.1. The number of nitrogens with zero attached hydrogens (tertiary/aromatic N) is 2. The van der Waals surface area contributed by atoms with Gasteiger partial charge in [0.25, 0.3) is 0 Å². The Labute approximate surface area is 185 Å². The molecule has 1 aliphatic rings. The van der Waals surface area contributed by atoms with Gasteiger partial charge in [0.15, 0.2) is 5.96 Å². The zero-order chi connectivity index (χ0) is 23.6. The molecule has 31 heavy (non-hydrogen) atoms. The standard InChI is InChI=1S/C17H31N7O6S/c18-9(7-25)13(26)22-10(3-1-5-21-17(19)20)14(27)23-11(8-31)15(28)24-6-2-4-12(24)16(29)30/h9-12,25,31H,1-8,18H2,(H,22,26)(H,23,27)(H,29,30)(H4,19,20,21). The highest BCUT2D eigenvalue weighted by Crippen LogP contribution is 2.19. The third-order valence-corrected chi connectivity index (χ3v) is 5.09. The van der Waals surface area contributed by atoms with Crippen LogP contribution in [0.15, 0.2) is 4.99 Å². The molecule has 3 amide bonds. The minimum atomic E-state index is -1.23. The Morgan fingerprint density at radius 2 is 1.81 bits per heavy atom. The molecule has 0 aromatic carbocycles. The minimum Gasteiger partial charge on any atom is -0.480 e. The Kier molecular flexibility index (Phi) is 11.1. The van der Waals surface area contributed by atoms with E-state index in [1.165, 1.54) is 4.90 Å². The maximum absolute atomic E-state index is 12.8. The van der Waals surface area contributed by atoms with Crippen LogP contribution < -0.4 is 27.8 Å². The topological polar surface area (TPSA) is 226 Å². The fourth-order valence-corrected chi connectivity index (χ4v) is 3.33. The van der Waals surface area contributed by atoms with Crippen molar-refractivity contribution in [2.45, 2.75) is 49.9 Å². The molecule has 1 aliphatic heterocycles. The van der Waals surface area contributed by atoms with E-state index >= 15 is 0 Å². The fourth-order valence-electron chi connectivity index (χ4n) is 3.08. The molecule has 0 aromatic rings. The van der Waals surface area contributed by atoms with E-state index < -0.39 is 54.5 Å². The molecule has 0 aliphatic carbocycles. The second-order valence-electron chi connectivity index (χ2n) is 7.07. The zero-order valence-electron chi connectivity index (χ0n) is 17.1. The van der Waals surface area contributed by atoms with Gasteiger partial charge < -0.3 is 42.9 Å². The van der Waals surface area contributed by atoms with E-state index in [-0.39, 0.29) is 31.2 Å². The van der Waals surface area contributed by atoms with Gasteiger partial charge in [0.05, 0.1) is 6.61 Å². The van der Waals surface area contributed by atoms with E-state index in [4.69, 9.17) is 22.3 Å². The van der Waals surface area contributed by atoms with E-state index in [0.717, 1.165) is 0 Å². The highest BCUT2D eigenvalue weighted by Gasteiger charge is 2.38. The molecule has 0 radical (unpaired) electrons. The molecule has 0 aromatic heterocycles. The summed E-state index contributed by atoms with van der Waals surface area (Å²) in [6.07, 6.45) is 1.33. The summed E-state index contributed by atoms with van der Waals surface area (Å²) in [6.45, 7) is -0.144. The smallest absolute Gasteiger partial charge is 0.326 e. The average molecular weight is 462 g/mol. The number of hydrogen-bond acceptors (Lipinski definition) is 8.